The molecule has 21 heavy (non-hydrogen) atoms. The number of benzene rings is 1. The zero-order chi connectivity index (χ0) is 14.9. The van der Waals surface area contributed by atoms with Crippen molar-refractivity contribution in [3.8, 4) is 11.5 Å². The number of ether oxygens (including phenoxy) is 2. The van der Waals surface area contributed by atoms with Crippen LogP contribution in [-0.4, -0.2) is 35.4 Å². The van der Waals surface area contributed by atoms with Crippen LogP contribution < -0.4 is 14.8 Å². The number of aliphatic hydroxyl groups excluding tert-OH is 1. The SMILES string of the molecule is CC1Oc2ccccc2OC1C(=O)NC1(CO)CCCC1. The zero-order valence-corrected chi connectivity index (χ0v) is 12.2. The van der Waals surface area contributed by atoms with Crippen molar-refractivity contribution in [3.63, 3.8) is 0 Å². The lowest BCUT2D eigenvalue weighted by atomic mass is 9.98. The summed E-state index contributed by atoms with van der Waals surface area (Å²) in [4.78, 5) is 12.5. The van der Waals surface area contributed by atoms with E-state index in [4.69, 9.17) is 9.47 Å². The number of nitrogens with one attached hydrogen (secondary N) is 1. The molecule has 2 N–H and O–H groups in total. The van der Waals surface area contributed by atoms with Gasteiger partial charge in [0.05, 0.1) is 12.1 Å². The Bertz CT molecular complexity index is 525. The van der Waals surface area contributed by atoms with E-state index in [0.717, 1.165) is 25.7 Å². The van der Waals surface area contributed by atoms with Gasteiger partial charge in [-0.2, -0.15) is 0 Å². The van der Waals surface area contributed by atoms with Gasteiger partial charge in [0.15, 0.2) is 11.5 Å². The van der Waals surface area contributed by atoms with Gasteiger partial charge in [-0.1, -0.05) is 25.0 Å². The molecule has 0 spiro atoms. The number of carbonyl (C=O) groups excluding carboxylic acids is 1. The van der Waals surface area contributed by atoms with Gasteiger partial charge in [0.2, 0.25) is 6.10 Å². The first kappa shape index (κ1) is 14.2. The van der Waals surface area contributed by atoms with Crippen molar-refractivity contribution in [2.75, 3.05) is 6.61 Å². The summed E-state index contributed by atoms with van der Waals surface area (Å²) in [6.07, 6.45) is 2.63. The first-order chi connectivity index (χ1) is 10.1. The normalized spacial score (nSPS) is 26.4. The number of para-hydroxylation sites is 2. The van der Waals surface area contributed by atoms with Crippen molar-refractivity contribution >= 4 is 5.91 Å². The highest BCUT2D eigenvalue weighted by Gasteiger charge is 2.40. The molecule has 114 valence electrons. The number of hydrogen-bond donors (Lipinski definition) is 2. The maximum Gasteiger partial charge on any atom is 0.265 e. The van der Waals surface area contributed by atoms with Gasteiger partial charge in [0.25, 0.3) is 5.91 Å². The Hall–Kier alpha value is -1.75. The van der Waals surface area contributed by atoms with Gasteiger partial charge in [-0.15, -0.1) is 0 Å². The molecule has 5 heteroatoms. The highest BCUT2D eigenvalue weighted by Crippen LogP contribution is 2.34. The molecule has 1 aromatic carbocycles. The Morgan fingerprint density at radius 2 is 1.90 bits per heavy atom. The minimum atomic E-state index is -0.691. The summed E-state index contributed by atoms with van der Waals surface area (Å²) in [5.41, 5.74) is -0.489. The number of amides is 1. The summed E-state index contributed by atoms with van der Waals surface area (Å²) in [6.45, 7) is 1.79. The number of aliphatic hydroxyl groups is 1. The minimum Gasteiger partial charge on any atom is -0.482 e. The molecule has 5 nitrogen and oxygen atoms in total. The second-order valence-corrected chi connectivity index (χ2v) is 5.94. The van der Waals surface area contributed by atoms with Crippen molar-refractivity contribution in [3.05, 3.63) is 24.3 Å². The van der Waals surface area contributed by atoms with Gasteiger partial charge in [0, 0.05) is 0 Å². The molecule has 2 aliphatic rings. The van der Waals surface area contributed by atoms with E-state index in [2.05, 4.69) is 5.32 Å². The Balaban J connectivity index is 1.73. The molecule has 1 aromatic rings. The molecule has 3 rings (SSSR count). The first-order valence-corrected chi connectivity index (χ1v) is 7.49. The molecule has 1 aliphatic heterocycles. The minimum absolute atomic E-state index is 0.0305. The fourth-order valence-electron chi connectivity index (χ4n) is 3.11. The summed E-state index contributed by atoms with van der Waals surface area (Å²) in [6, 6.07) is 7.33. The van der Waals surface area contributed by atoms with Gasteiger partial charge < -0.3 is 19.9 Å². The molecule has 0 aromatic heterocycles. The third kappa shape index (κ3) is 2.70. The lowest BCUT2D eigenvalue weighted by molar-refractivity contribution is -0.136. The molecule has 0 bridgehead atoms. The molecular weight excluding hydrogens is 270 g/mol. The number of carbonyl (C=O) groups is 1. The molecule has 1 saturated carbocycles. The number of rotatable bonds is 3. The molecular formula is C16H21NO4. The van der Waals surface area contributed by atoms with E-state index in [1.807, 2.05) is 25.1 Å². The average molecular weight is 291 g/mol. The average Bonchev–Trinajstić information content (AvgIpc) is 2.95. The van der Waals surface area contributed by atoms with Crippen LogP contribution in [0.25, 0.3) is 0 Å². The fourth-order valence-corrected chi connectivity index (χ4v) is 3.11. The summed E-state index contributed by atoms with van der Waals surface area (Å²) in [7, 11) is 0. The van der Waals surface area contributed by atoms with Gasteiger partial charge in [-0.05, 0) is 31.9 Å². The van der Waals surface area contributed by atoms with Gasteiger partial charge in [-0.25, -0.2) is 0 Å². The van der Waals surface area contributed by atoms with Crippen LogP contribution in [0.5, 0.6) is 11.5 Å². The molecule has 2 atom stereocenters. The smallest absolute Gasteiger partial charge is 0.265 e. The van der Waals surface area contributed by atoms with E-state index < -0.39 is 11.6 Å². The highest BCUT2D eigenvalue weighted by molar-refractivity contribution is 5.83. The van der Waals surface area contributed by atoms with E-state index >= 15 is 0 Å². The first-order valence-electron chi connectivity index (χ1n) is 7.49. The van der Waals surface area contributed by atoms with Crippen LogP contribution in [0.2, 0.25) is 0 Å². The largest absolute Gasteiger partial charge is 0.482 e. The van der Waals surface area contributed by atoms with Crippen LogP contribution in [0.1, 0.15) is 32.6 Å². The number of hydrogen-bond acceptors (Lipinski definition) is 4. The van der Waals surface area contributed by atoms with Crippen molar-refractivity contribution in [1.29, 1.82) is 0 Å². The van der Waals surface area contributed by atoms with Crippen molar-refractivity contribution in [2.45, 2.75) is 50.4 Å². The fraction of sp³-hybridized carbons (Fsp3) is 0.562. The molecule has 2 unspecified atom stereocenters. The lowest BCUT2D eigenvalue weighted by Crippen LogP contribution is -2.57. The third-order valence-corrected chi connectivity index (χ3v) is 4.35. The van der Waals surface area contributed by atoms with E-state index in [-0.39, 0.29) is 18.6 Å². The van der Waals surface area contributed by atoms with Gasteiger partial charge >= 0.3 is 0 Å². The second kappa shape index (κ2) is 5.56. The van der Waals surface area contributed by atoms with E-state index in [1.165, 1.54) is 0 Å². The van der Waals surface area contributed by atoms with Crippen LogP contribution in [-0.2, 0) is 4.79 Å². The summed E-state index contributed by atoms with van der Waals surface area (Å²) >= 11 is 0. The maximum atomic E-state index is 12.5. The van der Waals surface area contributed by atoms with E-state index in [9.17, 15) is 9.90 Å². The lowest BCUT2D eigenvalue weighted by Gasteiger charge is -2.34. The van der Waals surface area contributed by atoms with E-state index in [1.54, 1.807) is 6.07 Å². The molecule has 1 fully saturated rings. The van der Waals surface area contributed by atoms with Gasteiger partial charge in [-0.3, -0.25) is 4.79 Å². The van der Waals surface area contributed by atoms with Crippen LogP contribution >= 0.6 is 0 Å². The molecule has 0 radical (unpaired) electrons. The number of fused-ring (bicyclic) bond motifs is 1. The quantitative estimate of drug-likeness (QED) is 0.888. The predicted molar refractivity (Wildman–Crippen MR) is 77.4 cm³/mol. The monoisotopic (exact) mass is 291 g/mol. The van der Waals surface area contributed by atoms with Crippen LogP contribution in [0, 0.1) is 0 Å². The third-order valence-electron chi connectivity index (χ3n) is 4.35. The Morgan fingerprint density at radius 3 is 2.52 bits per heavy atom. The second-order valence-electron chi connectivity index (χ2n) is 5.94. The van der Waals surface area contributed by atoms with Gasteiger partial charge in [0.1, 0.15) is 6.10 Å². The topological polar surface area (TPSA) is 67.8 Å². The highest BCUT2D eigenvalue weighted by atomic mass is 16.6. The molecule has 1 aliphatic carbocycles. The molecule has 0 saturated heterocycles. The zero-order valence-electron chi connectivity index (χ0n) is 12.2. The van der Waals surface area contributed by atoms with Crippen LogP contribution in [0.4, 0.5) is 0 Å². The van der Waals surface area contributed by atoms with Crippen molar-refractivity contribution in [2.24, 2.45) is 0 Å². The summed E-state index contributed by atoms with van der Waals surface area (Å²) in [5.74, 6) is 1.03. The van der Waals surface area contributed by atoms with Crippen molar-refractivity contribution in [1.82, 2.24) is 5.32 Å². The van der Waals surface area contributed by atoms with Crippen LogP contribution in [0.3, 0.4) is 0 Å². The molecule has 1 amide bonds. The van der Waals surface area contributed by atoms with Crippen LogP contribution in [0.15, 0.2) is 24.3 Å². The summed E-state index contributed by atoms with van der Waals surface area (Å²) < 4.78 is 11.5. The van der Waals surface area contributed by atoms with E-state index in [0.29, 0.717) is 11.5 Å². The molecule has 1 heterocycles. The Morgan fingerprint density at radius 1 is 1.29 bits per heavy atom. The summed E-state index contributed by atoms with van der Waals surface area (Å²) in [5, 5.41) is 12.6. The maximum absolute atomic E-state index is 12.5. The van der Waals surface area contributed by atoms with Crippen molar-refractivity contribution < 1.29 is 19.4 Å². The standard InChI is InChI=1S/C16H21NO4/c1-11-14(21-13-7-3-2-6-12(13)20-11)15(19)17-16(10-18)8-4-5-9-16/h2-3,6-7,11,14,18H,4-5,8-10H2,1H3,(H,17,19). The Labute approximate surface area is 124 Å². The predicted octanol–water partition coefficient (Wildman–Crippen LogP) is 1.64. The Kier molecular flexibility index (Phi) is 3.76.